The van der Waals surface area contributed by atoms with Gasteiger partial charge in [-0.25, -0.2) is 0 Å². The number of benzene rings is 2. The first-order valence-electron chi connectivity index (χ1n) is 7.77. The molecule has 0 radical (unpaired) electrons. The van der Waals surface area contributed by atoms with Crippen LogP contribution in [0.1, 0.15) is 12.5 Å². The Bertz CT molecular complexity index is 988. The van der Waals surface area contributed by atoms with Gasteiger partial charge in [-0.1, -0.05) is 35.6 Å². The van der Waals surface area contributed by atoms with Gasteiger partial charge in [0.05, 0.1) is 6.61 Å². The first-order valence-corrected chi connectivity index (χ1v) is 8.59. The molecule has 2 aromatic carbocycles. The van der Waals surface area contributed by atoms with E-state index in [1.165, 1.54) is 11.3 Å². The molecule has 2 aromatic heterocycles. The van der Waals surface area contributed by atoms with Crippen LogP contribution in [-0.2, 0) is 0 Å². The average molecular weight is 336 g/mol. The number of hydrogen-bond acceptors (Lipinski definition) is 5. The molecule has 0 aliphatic carbocycles. The maximum atomic E-state index is 5.49. The smallest absolute Gasteiger partial charge is 0.235 e. The van der Waals surface area contributed by atoms with Crippen molar-refractivity contribution in [3.63, 3.8) is 0 Å². The van der Waals surface area contributed by atoms with Crippen LogP contribution < -0.4 is 4.74 Å². The third kappa shape index (κ3) is 2.55. The highest BCUT2D eigenvalue weighted by molar-refractivity contribution is 7.19. The van der Waals surface area contributed by atoms with E-state index in [-0.39, 0.29) is 0 Å². The van der Waals surface area contributed by atoms with Crippen molar-refractivity contribution in [3.8, 4) is 27.7 Å². The Hall–Kier alpha value is -2.73. The second-order valence-corrected chi connectivity index (χ2v) is 6.35. The minimum Gasteiger partial charge on any atom is -0.494 e. The molecule has 0 bridgehead atoms. The monoisotopic (exact) mass is 336 g/mol. The maximum absolute atomic E-state index is 5.49. The lowest BCUT2D eigenvalue weighted by Crippen LogP contribution is -1.93. The van der Waals surface area contributed by atoms with Gasteiger partial charge in [0.25, 0.3) is 0 Å². The molecule has 4 aromatic rings. The van der Waals surface area contributed by atoms with E-state index in [1.54, 1.807) is 0 Å². The summed E-state index contributed by atoms with van der Waals surface area (Å²) in [5.41, 5.74) is 3.25. The van der Waals surface area contributed by atoms with Crippen LogP contribution in [-0.4, -0.2) is 26.4 Å². The molecule has 4 rings (SSSR count). The first kappa shape index (κ1) is 14.8. The molecule has 6 heteroatoms. The summed E-state index contributed by atoms with van der Waals surface area (Å²) in [5.74, 6) is 1.64. The Balaban J connectivity index is 1.76. The lowest BCUT2D eigenvalue weighted by molar-refractivity contribution is 0.340. The van der Waals surface area contributed by atoms with Crippen LogP contribution in [0.2, 0.25) is 0 Å². The zero-order chi connectivity index (χ0) is 16.5. The molecule has 0 atom stereocenters. The van der Waals surface area contributed by atoms with Crippen molar-refractivity contribution in [1.82, 2.24) is 19.8 Å². The number of aryl methyl sites for hydroxylation is 1. The van der Waals surface area contributed by atoms with Gasteiger partial charge in [-0.2, -0.15) is 9.61 Å². The van der Waals surface area contributed by atoms with E-state index in [1.807, 2.05) is 53.9 Å². The third-order valence-corrected chi connectivity index (χ3v) is 4.74. The zero-order valence-electron chi connectivity index (χ0n) is 13.4. The minimum absolute atomic E-state index is 0.663. The molecule has 0 saturated heterocycles. The summed E-state index contributed by atoms with van der Waals surface area (Å²) >= 11 is 1.53. The van der Waals surface area contributed by atoms with E-state index in [0.29, 0.717) is 6.61 Å². The van der Waals surface area contributed by atoms with E-state index in [0.717, 1.165) is 38.2 Å². The summed E-state index contributed by atoms with van der Waals surface area (Å²) in [4.78, 5) is 0.789. The predicted octanol–water partition coefficient (Wildman–Crippen LogP) is 4.23. The summed E-state index contributed by atoms with van der Waals surface area (Å²) in [7, 11) is 0. The first-order chi connectivity index (χ1) is 11.8. The molecule has 120 valence electrons. The Kier molecular flexibility index (Phi) is 3.74. The zero-order valence-corrected chi connectivity index (χ0v) is 14.2. The largest absolute Gasteiger partial charge is 0.494 e. The highest BCUT2D eigenvalue weighted by atomic mass is 32.1. The summed E-state index contributed by atoms with van der Waals surface area (Å²) in [6.07, 6.45) is 0. The fourth-order valence-corrected chi connectivity index (χ4v) is 3.43. The summed E-state index contributed by atoms with van der Waals surface area (Å²) in [5, 5.41) is 14.2. The molecule has 0 aliphatic heterocycles. The van der Waals surface area contributed by atoms with Gasteiger partial charge in [0.15, 0.2) is 5.82 Å². The van der Waals surface area contributed by atoms with Crippen LogP contribution in [0, 0.1) is 6.92 Å². The molecule has 0 N–H and O–H groups in total. The molecular weight excluding hydrogens is 320 g/mol. The third-order valence-electron chi connectivity index (χ3n) is 3.79. The second-order valence-electron chi connectivity index (χ2n) is 5.40. The summed E-state index contributed by atoms with van der Waals surface area (Å²) in [6, 6.07) is 16.1. The maximum Gasteiger partial charge on any atom is 0.235 e. The quantitative estimate of drug-likeness (QED) is 0.560. The van der Waals surface area contributed by atoms with Gasteiger partial charge >= 0.3 is 0 Å². The fourth-order valence-electron chi connectivity index (χ4n) is 2.59. The molecular formula is C18H16N4OS. The summed E-state index contributed by atoms with van der Waals surface area (Å²) in [6.45, 7) is 4.70. The normalized spacial score (nSPS) is 11.1. The molecule has 0 spiro atoms. The number of fused-ring (bicyclic) bond motifs is 1. The molecule has 0 unspecified atom stereocenters. The Morgan fingerprint density at radius 3 is 2.58 bits per heavy atom. The van der Waals surface area contributed by atoms with Crippen molar-refractivity contribution >= 4 is 16.3 Å². The lowest BCUT2D eigenvalue weighted by atomic mass is 10.1. The Labute approximate surface area is 143 Å². The van der Waals surface area contributed by atoms with Gasteiger partial charge in [0.2, 0.25) is 4.96 Å². The molecule has 2 heterocycles. The van der Waals surface area contributed by atoms with E-state index < -0.39 is 0 Å². The van der Waals surface area contributed by atoms with Crippen molar-refractivity contribution < 1.29 is 4.74 Å². The second kappa shape index (κ2) is 6.05. The fraction of sp³-hybridized carbons (Fsp3) is 0.167. The standard InChI is InChI=1S/C18H16N4OS/c1-3-23-14-10-8-13(9-11-14)17-21-22-16(19-20-18(22)24-17)15-7-5-4-6-12(15)2/h4-11H,3H2,1-2H3. The summed E-state index contributed by atoms with van der Waals surface area (Å²) < 4.78 is 7.30. The van der Waals surface area contributed by atoms with Crippen molar-refractivity contribution in [2.45, 2.75) is 13.8 Å². The van der Waals surface area contributed by atoms with Gasteiger partial charge in [0.1, 0.15) is 10.8 Å². The molecule has 0 amide bonds. The highest BCUT2D eigenvalue weighted by Gasteiger charge is 2.15. The van der Waals surface area contributed by atoms with Gasteiger partial charge in [-0.3, -0.25) is 0 Å². The van der Waals surface area contributed by atoms with E-state index in [9.17, 15) is 0 Å². The molecule has 0 aliphatic rings. The molecule has 0 saturated carbocycles. The SMILES string of the molecule is CCOc1ccc(-c2nn3c(-c4ccccc4C)nnc3s2)cc1. The van der Waals surface area contributed by atoms with E-state index >= 15 is 0 Å². The number of rotatable bonds is 4. The van der Waals surface area contributed by atoms with Crippen LogP contribution in [0.4, 0.5) is 0 Å². The Morgan fingerprint density at radius 2 is 1.83 bits per heavy atom. The van der Waals surface area contributed by atoms with Crippen molar-refractivity contribution in [1.29, 1.82) is 0 Å². The van der Waals surface area contributed by atoms with Gasteiger partial charge in [-0.15, -0.1) is 10.2 Å². The molecule has 24 heavy (non-hydrogen) atoms. The van der Waals surface area contributed by atoms with Crippen LogP contribution in [0.3, 0.4) is 0 Å². The number of ether oxygens (including phenoxy) is 1. The van der Waals surface area contributed by atoms with Crippen molar-refractivity contribution in [2.75, 3.05) is 6.61 Å². The van der Waals surface area contributed by atoms with Gasteiger partial charge < -0.3 is 4.74 Å². The lowest BCUT2D eigenvalue weighted by Gasteiger charge is -2.03. The van der Waals surface area contributed by atoms with E-state index in [2.05, 4.69) is 23.2 Å². The highest BCUT2D eigenvalue weighted by Crippen LogP contribution is 2.30. The van der Waals surface area contributed by atoms with Crippen LogP contribution in [0.25, 0.3) is 26.9 Å². The topological polar surface area (TPSA) is 52.3 Å². The predicted molar refractivity (Wildman–Crippen MR) is 95.4 cm³/mol. The van der Waals surface area contributed by atoms with Gasteiger partial charge in [-0.05, 0) is 43.7 Å². The van der Waals surface area contributed by atoms with E-state index in [4.69, 9.17) is 9.84 Å². The number of hydrogen-bond donors (Lipinski definition) is 0. The van der Waals surface area contributed by atoms with Crippen LogP contribution >= 0.6 is 11.3 Å². The van der Waals surface area contributed by atoms with Crippen molar-refractivity contribution in [2.24, 2.45) is 0 Å². The van der Waals surface area contributed by atoms with Gasteiger partial charge in [0, 0.05) is 11.1 Å². The molecule has 0 fully saturated rings. The average Bonchev–Trinajstić information content (AvgIpc) is 3.17. The number of aromatic nitrogens is 4. The number of nitrogens with zero attached hydrogens (tertiary/aromatic N) is 4. The Morgan fingerprint density at radius 1 is 1.04 bits per heavy atom. The van der Waals surface area contributed by atoms with Crippen LogP contribution in [0.15, 0.2) is 48.5 Å². The molecule has 5 nitrogen and oxygen atoms in total. The van der Waals surface area contributed by atoms with Crippen LogP contribution in [0.5, 0.6) is 5.75 Å². The minimum atomic E-state index is 0.663. The van der Waals surface area contributed by atoms with Crippen molar-refractivity contribution in [3.05, 3.63) is 54.1 Å².